The van der Waals surface area contributed by atoms with E-state index in [-0.39, 0.29) is 22.5 Å². The van der Waals surface area contributed by atoms with Crippen LogP contribution in [-0.2, 0) is 4.79 Å². The summed E-state index contributed by atoms with van der Waals surface area (Å²) in [4.78, 5) is 25.4. The maximum atomic E-state index is 13.0. The molecule has 1 aliphatic carbocycles. The first-order valence-electron chi connectivity index (χ1n) is 8.51. The maximum Gasteiger partial charge on any atom is 0.270 e. The highest BCUT2D eigenvalue weighted by Gasteiger charge is 2.42. The van der Waals surface area contributed by atoms with Crippen molar-refractivity contribution in [2.24, 2.45) is 5.41 Å². The van der Waals surface area contributed by atoms with Crippen molar-refractivity contribution in [3.8, 4) is 11.5 Å². The lowest BCUT2D eigenvalue weighted by atomic mass is 9.69. The van der Waals surface area contributed by atoms with Gasteiger partial charge in [0.05, 0.1) is 12.7 Å². The number of phenolic OH excluding ortho intramolecular Hbond substituents is 1. The van der Waals surface area contributed by atoms with Gasteiger partial charge in [-0.25, -0.2) is 0 Å². The molecule has 0 fully saturated rings. The molecular weight excluding hydrogens is 334 g/mol. The lowest BCUT2D eigenvalue weighted by Gasteiger charge is -2.37. The molecule has 0 spiro atoms. The lowest BCUT2D eigenvalue weighted by Crippen LogP contribution is -2.35. The number of rotatable bonds is 2. The molecule has 1 aromatic heterocycles. The fourth-order valence-corrected chi connectivity index (χ4v) is 4.03. The van der Waals surface area contributed by atoms with Gasteiger partial charge in [0, 0.05) is 23.6 Å². The van der Waals surface area contributed by atoms with E-state index in [1.54, 1.807) is 12.1 Å². The number of ether oxygens (including phenoxy) is 1. The van der Waals surface area contributed by atoms with Crippen LogP contribution in [0.5, 0.6) is 11.5 Å². The first kappa shape index (κ1) is 16.5. The van der Waals surface area contributed by atoms with E-state index in [1.807, 2.05) is 0 Å². The molecule has 0 radical (unpaired) electrons. The Balaban J connectivity index is 1.95. The largest absolute Gasteiger partial charge is 0.504 e. The van der Waals surface area contributed by atoms with Crippen LogP contribution in [0.25, 0.3) is 0 Å². The number of carbonyl (C=O) groups excluding carboxylic acids is 1. The summed E-state index contributed by atoms with van der Waals surface area (Å²) in [6, 6.07) is 4.93. The lowest BCUT2D eigenvalue weighted by molar-refractivity contribution is -0.118. The Morgan fingerprint density at radius 2 is 1.96 bits per heavy atom. The number of aromatic hydroxyl groups is 1. The first-order chi connectivity index (χ1) is 12.3. The average Bonchev–Trinajstić information content (AvgIpc) is 2.93. The van der Waals surface area contributed by atoms with E-state index >= 15 is 0 Å². The molecule has 0 saturated heterocycles. The number of carbonyl (C=O) groups is 1. The number of benzene rings is 1. The van der Waals surface area contributed by atoms with Gasteiger partial charge >= 0.3 is 0 Å². The van der Waals surface area contributed by atoms with E-state index in [0.29, 0.717) is 35.5 Å². The Morgan fingerprint density at radius 1 is 1.19 bits per heavy atom. The Bertz CT molecular complexity index is 996. The van der Waals surface area contributed by atoms with Crippen molar-refractivity contribution in [2.45, 2.75) is 32.6 Å². The normalized spacial score (nSPS) is 21.0. The minimum absolute atomic E-state index is 0.0127. The maximum absolute atomic E-state index is 13.0. The van der Waals surface area contributed by atoms with Crippen LogP contribution >= 0.6 is 0 Å². The smallest absolute Gasteiger partial charge is 0.270 e. The van der Waals surface area contributed by atoms with Gasteiger partial charge in [0.15, 0.2) is 17.3 Å². The van der Waals surface area contributed by atoms with Crippen LogP contribution in [0.3, 0.4) is 0 Å². The van der Waals surface area contributed by atoms with Gasteiger partial charge in [-0.05, 0) is 29.5 Å². The molecule has 1 atom stereocenters. The zero-order valence-electron chi connectivity index (χ0n) is 14.9. The summed E-state index contributed by atoms with van der Waals surface area (Å²) in [6.45, 7) is 4.12. The highest BCUT2D eigenvalue weighted by atomic mass is 16.5. The molecule has 2 aliphatic rings. The monoisotopic (exact) mass is 355 g/mol. The SMILES string of the molecule is COc1cc(C2C3=C(CC(C)(C)CC3=O)Nc3[nH][nH]c(=O)c32)ccc1O. The number of hydrogen-bond donors (Lipinski definition) is 4. The van der Waals surface area contributed by atoms with Crippen LogP contribution in [0, 0.1) is 5.41 Å². The Hall–Kier alpha value is -2.96. The number of aromatic amines is 2. The summed E-state index contributed by atoms with van der Waals surface area (Å²) < 4.78 is 5.21. The average molecular weight is 355 g/mol. The molecule has 4 N–H and O–H groups in total. The Labute approximate surface area is 150 Å². The molecule has 7 nitrogen and oxygen atoms in total. The Morgan fingerprint density at radius 3 is 2.69 bits per heavy atom. The number of aromatic nitrogens is 2. The number of fused-ring (bicyclic) bond motifs is 1. The standard InChI is InChI=1S/C19H21N3O4/c1-19(2)7-10-15(12(24)8-19)14(16-17(20-10)21-22-18(16)25)9-4-5-11(23)13(6-9)26-3/h4-6,14,23H,7-8H2,1-3H3,(H3,20,21,22,25). The van der Waals surface area contributed by atoms with Crippen molar-refractivity contribution in [1.29, 1.82) is 0 Å². The van der Waals surface area contributed by atoms with E-state index in [9.17, 15) is 14.7 Å². The van der Waals surface area contributed by atoms with Crippen LogP contribution in [0.1, 0.15) is 43.7 Å². The number of hydrogen-bond acceptors (Lipinski definition) is 5. The molecule has 2 aromatic rings. The third kappa shape index (κ3) is 2.42. The third-order valence-electron chi connectivity index (χ3n) is 5.13. The number of allylic oxidation sites excluding steroid dienone is 2. The summed E-state index contributed by atoms with van der Waals surface area (Å²) in [7, 11) is 1.47. The fourth-order valence-electron chi connectivity index (χ4n) is 4.03. The summed E-state index contributed by atoms with van der Waals surface area (Å²) in [5.41, 5.74) is 2.25. The molecule has 1 aromatic carbocycles. The van der Waals surface area contributed by atoms with Gasteiger partial charge in [0.1, 0.15) is 5.82 Å². The number of methoxy groups -OCH3 is 1. The van der Waals surface area contributed by atoms with Crippen LogP contribution in [0.15, 0.2) is 34.3 Å². The molecule has 1 unspecified atom stereocenters. The zero-order chi connectivity index (χ0) is 18.6. The summed E-state index contributed by atoms with van der Waals surface area (Å²) in [6.07, 6.45) is 1.14. The molecule has 4 rings (SSSR count). The van der Waals surface area contributed by atoms with E-state index in [2.05, 4.69) is 29.4 Å². The zero-order valence-corrected chi connectivity index (χ0v) is 14.9. The number of Topliss-reactive ketones (excluding diaryl/α,β-unsaturated/α-hetero) is 1. The van der Waals surface area contributed by atoms with E-state index in [1.165, 1.54) is 13.2 Å². The second kappa shape index (κ2) is 5.52. The number of nitrogens with one attached hydrogen (secondary N) is 3. The van der Waals surface area contributed by atoms with Gasteiger partial charge in [-0.1, -0.05) is 19.9 Å². The Kier molecular flexibility index (Phi) is 3.50. The number of H-pyrrole nitrogens is 2. The van der Waals surface area contributed by atoms with Gasteiger partial charge in [0.2, 0.25) is 0 Å². The van der Waals surface area contributed by atoms with Crippen molar-refractivity contribution < 1.29 is 14.6 Å². The minimum Gasteiger partial charge on any atom is -0.504 e. The molecule has 136 valence electrons. The number of anilines is 1. The minimum atomic E-state index is -0.505. The molecule has 1 aliphatic heterocycles. The molecule has 0 bridgehead atoms. The van der Waals surface area contributed by atoms with Gasteiger partial charge in [-0.3, -0.25) is 19.8 Å². The van der Waals surface area contributed by atoms with Crippen molar-refractivity contribution in [3.63, 3.8) is 0 Å². The highest BCUT2D eigenvalue weighted by Crippen LogP contribution is 2.48. The topological polar surface area (TPSA) is 107 Å². The summed E-state index contributed by atoms with van der Waals surface area (Å²) >= 11 is 0. The van der Waals surface area contributed by atoms with E-state index in [0.717, 1.165) is 11.3 Å². The van der Waals surface area contributed by atoms with Gasteiger partial charge < -0.3 is 15.2 Å². The first-order valence-corrected chi connectivity index (χ1v) is 8.51. The molecule has 0 amide bonds. The highest BCUT2D eigenvalue weighted by molar-refractivity contribution is 6.01. The molecular formula is C19H21N3O4. The second-order valence-corrected chi connectivity index (χ2v) is 7.69. The summed E-state index contributed by atoms with van der Waals surface area (Å²) in [5.74, 6) is 0.427. The van der Waals surface area contributed by atoms with Crippen molar-refractivity contribution >= 4 is 11.6 Å². The summed E-state index contributed by atoms with van der Waals surface area (Å²) in [5, 5.41) is 18.6. The van der Waals surface area contributed by atoms with Crippen LogP contribution < -0.4 is 15.6 Å². The van der Waals surface area contributed by atoms with E-state index in [4.69, 9.17) is 4.74 Å². The second-order valence-electron chi connectivity index (χ2n) is 7.69. The molecule has 7 heteroatoms. The quantitative estimate of drug-likeness (QED) is 0.662. The predicted octanol–water partition coefficient (Wildman–Crippen LogP) is 2.62. The van der Waals surface area contributed by atoms with Crippen molar-refractivity contribution in [3.05, 3.63) is 50.9 Å². The van der Waals surface area contributed by atoms with Crippen molar-refractivity contribution in [1.82, 2.24) is 10.2 Å². The van der Waals surface area contributed by atoms with E-state index < -0.39 is 5.92 Å². The van der Waals surface area contributed by atoms with Crippen LogP contribution in [0.4, 0.5) is 5.82 Å². The molecule has 0 saturated carbocycles. The van der Waals surface area contributed by atoms with Crippen LogP contribution in [-0.4, -0.2) is 28.2 Å². The fraction of sp³-hybridized carbons (Fsp3) is 0.368. The predicted molar refractivity (Wildman–Crippen MR) is 96.6 cm³/mol. The number of phenols is 1. The van der Waals surface area contributed by atoms with Crippen LogP contribution in [0.2, 0.25) is 0 Å². The van der Waals surface area contributed by atoms with Crippen molar-refractivity contribution in [2.75, 3.05) is 12.4 Å². The molecule has 2 heterocycles. The van der Waals surface area contributed by atoms with Gasteiger partial charge in [0.25, 0.3) is 5.56 Å². The third-order valence-corrected chi connectivity index (χ3v) is 5.13. The van der Waals surface area contributed by atoms with Gasteiger partial charge in [-0.15, -0.1) is 0 Å². The molecule has 26 heavy (non-hydrogen) atoms. The van der Waals surface area contributed by atoms with Gasteiger partial charge in [-0.2, -0.15) is 0 Å². The number of ketones is 1.